The van der Waals surface area contributed by atoms with Crippen molar-refractivity contribution in [2.45, 2.75) is 0 Å². The van der Waals surface area contributed by atoms with Gasteiger partial charge in [0.25, 0.3) is 0 Å². The predicted octanol–water partition coefficient (Wildman–Crippen LogP) is 1.86. The summed E-state index contributed by atoms with van der Waals surface area (Å²) in [6.07, 6.45) is 1.21. The summed E-state index contributed by atoms with van der Waals surface area (Å²) in [5.74, 6) is -0.666. The molecule has 0 aliphatic rings. The molecule has 0 aliphatic heterocycles. The second-order valence-electron chi connectivity index (χ2n) is 3.62. The number of benzene rings is 1. The van der Waals surface area contributed by atoms with E-state index in [0.29, 0.717) is 0 Å². The number of methoxy groups -OCH3 is 2. The van der Waals surface area contributed by atoms with Gasteiger partial charge in [-0.25, -0.2) is 14.4 Å². The van der Waals surface area contributed by atoms with Crippen LogP contribution in [0.15, 0.2) is 30.6 Å². The Kier molecular flexibility index (Phi) is 3.70. The lowest BCUT2D eigenvalue weighted by Crippen LogP contribution is -2.06. The first-order chi connectivity index (χ1) is 9.15. The molecular formula is C13H11FN2O3. The lowest BCUT2D eigenvalue weighted by Gasteiger charge is -2.05. The number of halogens is 1. The van der Waals surface area contributed by atoms with Crippen molar-refractivity contribution in [3.05, 3.63) is 47.7 Å². The van der Waals surface area contributed by atoms with Crippen molar-refractivity contribution < 1.29 is 18.7 Å². The quantitative estimate of drug-likeness (QED) is 0.787. The summed E-state index contributed by atoms with van der Waals surface area (Å²) >= 11 is 0. The first-order valence-corrected chi connectivity index (χ1v) is 5.40. The van der Waals surface area contributed by atoms with Crippen LogP contribution in [0.3, 0.4) is 0 Å². The smallest absolute Gasteiger partial charge is 0.216 e. The number of nitrogens with zero attached hydrogens (tertiary/aromatic N) is 2. The van der Waals surface area contributed by atoms with Crippen molar-refractivity contribution in [1.29, 1.82) is 0 Å². The van der Waals surface area contributed by atoms with Crippen LogP contribution in [0, 0.1) is 5.82 Å². The monoisotopic (exact) mass is 262 g/mol. The standard InChI is InChI=1S/C13H11FN2O3/c1-18-11-4-3-8(5-9(11)14)13(17)10-6-12(19-2)16-7-15-10/h3-7H,1-2H3. The number of carbonyl (C=O) groups excluding carboxylic acids is 1. The van der Waals surface area contributed by atoms with Crippen LogP contribution in [0.2, 0.25) is 0 Å². The number of rotatable bonds is 4. The molecule has 0 saturated carbocycles. The van der Waals surface area contributed by atoms with E-state index in [4.69, 9.17) is 9.47 Å². The van der Waals surface area contributed by atoms with E-state index < -0.39 is 11.6 Å². The van der Waals surface area contributed by atoms with Crippen LogP contribution in [0.4, 0.5) is 4.39 Å². The Hall–Kier alpha value is -2.50. The summed E-state index contributed by atoms with van der Waals surface area (Å²) in [5, 5.41) is 0. The molecule has 0 aliphatic carbocycles. The first kappa shape index (κ1) is 12.9. The SMILES string of the molecule is COc1cc(C(=O)c2ccc(OC)c(F)c2)ncn1. The molecule has 0 amide bonds. The molecule has 0 atom stereocenters. The van der Waals surface area contributed by atoms with Gasteiger partial charge < -0.3 is 9.47 Å². The fourth-order valence-corrected chi connectivity index (χ4v) is 1.53. The van der Waals surface area contributed by atoms with Crippen LogP contribution in [-0.4, -0.2) is 30.0 Å². The van der Waals surface area contributed by atoms with E-state index in [1.165, 1.54) is 38.7 Å². The van der Waals surface area contributed by atoms with Gasteiger partial charge in [-0.1, -0.05) is 0 Å². The number of hydrogen-bond acceptors (Lipinski definition) is 5. The highest BCUT2D eigenvalue weighted by Gasteiger charge is 2.14. The molecule has 0 fully saturated rings. The Morgan fingerprint density at radius 2 is 1.95 bits per heavy atom. The number of ether oxygens (including phenoxy) is 2. The van der Waals surface area contributed by atoms with Gasteiger partial charge >= 0.3 is 0 Å². The van der Waals surface area contributed by atoms with E-state index in [1.807, 2.05) is 0 Å². The Morgan fingerprint density at radius 3 is 2.58 bits per heavy atom. The van der Waals surface area contributed by atoms with Gasteiger partial charge in [-0.3, -0.25) is 4.79 Å². The number of carbonyl (C=O) groups is 1. The highest BCUT2D eigenvalue weighted by atomic mass is 19.1. The van der Waals surface area contributed by atoms with Crippen LogP contribution in [-0.2, 0) is 0 Å². The van der Waals surface area contributed by atoms with Crippen molar-refractivity contribution in [3.63, 3.8) is 0 Å². The summed E-state index contributed by atoms with van der Waals surface area (Å²) in [4.78, 5) is 19.8. The molecule has 0 radical (unpaired) electrons. The Labute approximate surface area is 109 Å². The molecule has 1 aromatic heterocycles. The molecule has 0 N–H and O–H groups in total. The van der Waals surface area contributed by atoms with Crippen LogP contribution >= 0.6 is 0 Å². The topological polar surface area (TPSA) is 61.3 Å². The summed E-state index contributed by atoms with van der Waals surface area (Å²) in [6.45, 7) is 0. The van der Waals surface area contributed by atoms with Crippen molar-refractivity contribution >= 4 is 5.78 Å². The second-order valence-corrected chi connectivity index (χ2v) is 3.62. The van der Waals surface area contributed by atoms with Gasteiger partial charge in [-0.15, -0.1) is 0 Å². The van der Waals surface area contributed by atoms with Gasteiger partial charge in [0.05, 0.1) is 14.2 Å². The van der Waals surface area contributed by atoms with E-state index in [0.717, 1.165) is 6.07 Å². The molecule has 0 unspecified atom stereocenters. The van der Waals surface area contributed by atoms with Crippen LogP contribution in [0.25, 0.3) is 0 Å². The normalized spacial score (nSPS) is 10.1. The zero-order valence-electron chi connectivity index (χ0n) is 10.4. The molecule has 98 valence electrons. The Bertz CT molecular complexity index is 617. The van der Waals surface area contributed by atoms with Gasteiger partial charge in [0.1, 0.15) is 12.0 Å². The minimum Gasteiger partial charge on any atom is -0.494 e. The zero-order valence-corrected chi connectivity index (χ0v) is 10.4. The molecular weight excluding hydrogens is 251 g/mol. The molecule has 5 nitrogen and oxygen atoms in total. The average molecular weight is 262 g/mol. The van der Waals surface area contributed by atoms with E-state index >= 15 is 0 Å². The summed E-state index contributed by atoms with van der Waals surface area (Å²) in [5.41, 5.74) is 0.315. The average Bonchev–Trinajstić information content (AvgIpc) is 2.46. The lowest BCUT2D eigenvalue weighted by molar-refractivity contribution is 0.103. The summed E-state index contributed by atoms with van der Waals surface area (Å²) in [6, 6.07) is 5.36. The van der Waals surface area contributed by atoms with Gasteiger partial charge in [0.2, 0.25) is 11.7 Å². The maximum atomic E-state index is 13.5. The van der Waals surface area contributed by atoms with Gasteiger partial charge in [0, 0.05) is 11.6 Å². The first-order valence-electron chi connectivity index (χ1n) is 5.40. The van der Waals surface area contributed by atoms with Crippen LogP contribution in [0.1, 0.15) is 16.1 Å². The van der Waals surface area contributed by atoms with Crippen LogP contribution in [0.5, 0.6) is 11.6 Å². The number of hydrogen-bond donors (Lipinski definition) is 0. The fraction of sp³-hybridized carbons (Fsp3) is 0.154. The number of ketones is 1. The number of aromatic nitrogens is 2. The minimum atomic E-state index is -0.602. The Balaban J connectivity index is 2.35. The molecule has 2 rings (SSSR count). The largest absolute Gasteiger partial charge is 0.494 e. The van der Waals surface area contributed by atoms with Crippen molar-refractivity contribution in [3.8, 4) is 11.6 Å². The van der Waals surface area contributed by atoms with Gasteiger partial charge in [-0.05, 0) is 18.2 Å². The molecule has 1 aromatic carbocycles. The van der Waals surface area contributed by atoms with Gasteiger partial charge in [0.15, 0.2) is 11.6 Å². The zero-order chi connectivity index (χ0) is 13.8. The lowest BCUT2D eigenvalue weighted by atomic mass is 10.1. The second kappa shape index (κ2) is 5.43. The van der Waals surface area contributed by atoms with Crippen molar-refractivity contribution in [2.24, 2.45) is 0 Å². The minimum absolute atomic E-state index is 0.0804. The molecule has 1 heterocycles. The maximum Gasteiger partial charge on any atom is 0.216 e. The fourth-order valence-electron chi connectivity index (χ4n) is 1.53. The van der Waals surface area contributed by atoms with Crippen molar-refractivity contribution in [1.82, 2.24) is 9.97 Å². The molecule has 2 aromatic rings. The van der Waals surface area contributed by atoms with E-state index in [-0.39, 0.29) is 22.9 Å². The van der Waals surface area contributed by atoms with Gasteiger partial charge in [-0.2, -0.15) is 0 Å². The molecule has 0 saturated heterocycles. The van der Waals surface area contributed by atoms with E-state index in [1.54, 1.807) is 0 Å². The van der Waals surface area contributed by atoms with Crippen molar-refractivity contribution in [2.75, 3.05) is 14.2 Å². The highest BCUT2D eigenvalue weighted by molar-refractivity contribution is 6.07. The third kappa shape index (κ3) is 2.67. The highest BCUT2D eigenvalue weighted by Crippen LogP contribution is 2.19. The van der Waals surface area contributed by atoms with E-state index in [2.05, 4.69) is 9.97 Å². The summed E-state index contributed by atoms with van der Waals surface area (Å²) < 4.78 is 23.2. The Morgan fingerprint density at radius 1 is 1.16 bits per heavy atom. The molecule has 19 heavy (non-hydrogen) atoms. The van der Waals surface area contributed by atoms with E-state index in [9.17, 15) is 9.18 Å². The third-order valence-corrected chi connectivity index (χ3v) is 2.50. The third-order valence-electron chi connectivity index (χ3n) is 2.50. The van der Waals surface area contributed by atoms with Crippen LogP contribution < -0.4 is 9.47 Å². The molecule has 6 heteroatoms. The maximum absolute atomic E-state index is 13.5. The molecule has 0 spiro atoms. The predicted molar refractivity (Wildman–Crippen MR) is 65.0 cm³/mol. The summed E-state index contributed by atoms with van der Waals surface area (Å²) in [7, 11) is 2.79. The molecule has 0 bridgehead atoms.